The van der Waals surface area contributed by atoms with E-state index in [2.05, 4.69) is 24.4 Å². The van der Waals surface area contributed by atoms with Crippen molar-refractivity contribution in [1.29, 1.82) is 0 Å². The topological polar surface area (TPSA) is 39.7 Å². The first-order chi connectivity index (χ1) is 10.3. The largest absolute Gasteiger partial charge is 0.494 e. The van der Waals surface area contributed by atoms with Gasteiger partial charge in [-0.2, -0.15) is 0 Å². The second kappa shape index (κ2) is 6.67. The Kier molecular flexibility index (Phi) is 4.66. The summed E-state index contributed by atoms with van der Waals surface area (Å²) in [6, 6.07) is 8.76. The molecule has 21 heavy (non-hydrogen) atoms. The number of ether oxygens (including phenoxy) is 3. The molecule has 2 fully saturated rings. The molecular weight excluding hydrogens is 266 g/mol. The third kappa shape index (κ3) is 3.69. The van der Waals surface area contributed by atoms with E-state index in [1.165, 1.54) is 0 Å². The van der Waals surface area contributed by atoms with Gasteiger partial charge in [-0.15, -0.1) is 0 Å². The summed E-state index contributed by atoms with van der Waals surface area (Å²) < 4.78 is 17.1. The van der Waals surface area contributed by atoms with Gasteiger partial charge < -0.3 is 19.5 Å². The van der Waals surface area contributed by atoms with Crippen molar-refractivity contribution in [3.8, 4) is 5.75 Å². The molecular formula is C17H25NO3. The summed E-state index contributed by atoms with van der Waals surface area (Å²) in [5.74, 6) is 0.675. The molecule has 2 aliphatic rings. The van der Waals surface area contributed by atoms with E-state index in [1.807, 2.05) is 12.1 Å². The van der Waals surface area contributed by atoms with Crippen LogP contribution >= 0.6 is 0 Å². The van der Waals surface area contributed by atoms with Crippen molar-refractivity contribution >= 4 is 5.69 Å². The highest BCUT2D eigenvalue weighted by molar-refractivity contribution is 5.47. The Morgan fingerprint density at radius 2 is 1.81 bits per heavy atom. The van der Waals surface area contributed by atoms with Gasteiger partial charge in [0.1, 0.15) is 5.75 Å². The summed E-state index contributed by atoms with van der Waals surface area (Å²) >= 11 is 0. The Morgan fingerprint density at radius 3 is 2.43 bits per heavy atom. The lowest BCUT2D eigenvalue weighted by molar-refractivity contribution is -0.177. The van der Waals surface area contributed by atoms with E-state index in [0.29, 0.717) is 6.04 Å². The van der Waals surface area contributed by atoms with Crippen LogP contribution in [0.5, 0.6) is 5.75 Å². The van der Waals surface area contributed by atoms with Gasteiger partial charge in [0.2, 0.25) is 0 Å². The quantitative estimate of drug-likeness (QED) is 0.900. The van der Waals surface area contributed by atoms with Gasteiger partial charge in [-0.3, -0.25) is 0 Å². The van der Waals surface area contributed by atoms with Gasteiger partial charge in [0.25, 0.3) is 0 Å². The molecule has 1 aromatic rings. The van der Waals surface area contributed by atoms with Crippen molar-refractivity contribution in [2.24, 2.45) is 0 Å². The van der Waals surface area contributed by atoms with E-state index in [0.717, 1.165) is 63.4 Å². The van der Waals surface area contributed by atoms with E-state index in [-0.39, 0.29) is 5.79 Å². The Balaban J connectivity index is 1.48. The van der Waals surface area contributed by atoms with Gasteiger partial charge in [-0.1, -0.05) is 6.92 Å². The first-order valence-corrected chi connectivity index (χ1v) is 8.07. The predicted molar refractivity (Wildman–Crippen MR) is 82.7 cm³/mol. The van der Waals surface area contributed by atoms with Crippen molar-refractivity contribution in [3.05, 3.63) is 24.3 Å². The fraction of sp³-hybridized carbons (Fsp3) is 0.647. The molecule has 1 heterocycles. The second-order valence-electron chi connectivity index (χ2n) is 5.90. The lowest BCUT2D eigenvalue weighted by Crippen LogP contribution is -2.39. The highest BCUT2D eigenvalue weighted by Gasteiger charge is 2.40. The minimum Gasteiger partial charge on any atom is -0.494 e. The van der Waals surface area contributed by atoms with E-state index >= 15 is 0 Å². The standard InChI is InChI=1S/C17H25NO3/c1-2-11-19-16-5-3-14(4-6-16)18-15-7-9-17(10-8-15)20-12-13-21-17/h3-6,15,18H,2,7-13H2,1H3. The van der Waals surface area contributed by atoms with Crippen molar-refractivity contribution in [1.82, 2.24) is 0 Å². The minimum absolute atomic E-state index is 0.268. The van der Waals surface area contributed by atoms with Crippen LogP contribution < -0.4 is 10.1 Å². The molecule has 116 valence electrons. The van der Waals surface area contributed by atoms with Crippen molar-refractivity contribution in [2.45, 2.75) is 50.9 Å². The number of rotatable bonds is 5. The highest BCUT2D eigenvalue weighted by Crippen LogP contribution is 2.36. The first kappa shape index (κ1) is 14.7. The Hall–Kier alpha value is -1.26. The normalized spacial score (nSPS) is 21.6. The summed E-state index contributed by atoms with van der Waals surface area (Å²) in [4.78, 5) is 0. The minimum atomic E-state index is -0.268. The number of nitrogens with one attached hydrogen (secondary N) is 1. The molecule has 4 heteroatoms. The Bertz CT molecular complexity index is 430. The Labute approximate surface area is 126 Å². The monoisotopic (exact) mass is 291 g/mol. The molecule has 4 nitrogen and oxygen atoms in total. The lowest BCUT2D eigenvalue weighted by Gasteiger charge is -2.36. The number of hydrogen-bond donors (Lipinski definition) is 1. The average molecular weight is 291 g/mol. The average Bonchev–Trinajstić information content (AvgIpc) is 2.98. The van der Waals surface area contributed by atoms with Crippen LogP contribution in [0.25, 0.3) is 0 Å². The van der Waals surface area contributed by atoms with Crippen molar-refractivity contribution < 1.29 is 14.2 Å². The molecule has 1 spiro atoms. The zero-order valence-electron chi connectivity index (χ0n) is 12.8. The molecule has 1 saturated heterocycles. The van der Waals surface area contributed by atoms with Crippen LogP contribution in [0.15, 0.2) is 24.3 Å². The maximum Gasteiger partial charge on any atom is 0.168 e. The molecule has 0 amide bonds. The van der Waals surface area contributed by atoms with Crippen LogP contribution in [0.1, 0.15) is 39.0 Å². The zero-order chi connectivity index (χ0) is 14.5. The molecule has 1 N–H and O–H groups in total. The van der Waals surface area contributed by atoms with Gasteiger partial charge in [0.05, 0.1) is 19.8 Å². The predicted octanol–water partition coefficient (Wildman–Crippen LogP) is 3.57. The molecule has 0 atom stereocenters. The third-order valence-corrected chi connectivity index (χ3v) is 4.26. The van der Waals surface area contributed by atoms with Crippen LogP contribution in [-0.2, 0) is 9.47 Å². The molecule has 0 aromatic heterocycles. The molecule has 1 aliphatic carbocycles. The fourth-order valence-electron chi connectivity index (χ4n) is 3.09. The molecule has 0 bridgehead atoms. The smallest absolute Gasteiger partial charge is 0.168 e. The van der Waals surface area contributed by atoms with Gasteiger partial charge >= 0.3 is 0 Å². The summed E-state index contributed by atoms with van der Waals surface area (Å²) in [7, 11) is 0. The maximum absolute atomic E-state index is 5.77. The van der Waals surface area contributed by atoms with Gasteiger partial charge in [0, 0.05) is 24.6 Å². The molecule has 1 aromatic carbocycles. The van der Waals surface area contributed by atoms with E-state index < -0.39 is 0 Å². The number of anilines is 1. The lowest BCUT2D eigenvalue weighted by atomic mass is 9.90. The van der Waals surface area contributed by atoms with Crippen LogP contribution in [0.3, 0.4) is 0 Å². The molecule has 1 aliphatic heterocycles. The van der Waals surface area contributed by atoms with Crippen LogP contribution in [0, 0.1) is 0 Å². The highest BCUT2D eigenvalue weighted by atomic mass is 16.7. The maximum atomic E-state index is 5.77. The van der Waals surface area contributed by atoms with Gasteiger partial charge in [-0.25, -0.2) is 0 Å². The van der Waals surface area contributed by atoms with Crippen LogP contribution in [0.4, 0.5) is 5.69 Å². The molecule has 3 rings (SSSR count). The molecule has 0 unspecified atom stereocenters. The third-order valence-electron chi connectivity index (χ3n) is 4.26. The Morgan fingerprint density at radius 1 is 1.14 bits per heavy atom. The van der Waals surface area contributed by atoms with Crippen LogP contribution in [0.2, 0.25) is 0 Å². The van der Waals surface area contributed by atoms with Gasteiger partial charge in [0.15, 0.2) is 5.79 Å². The van der Waals surface area contributed by atoms with E-state index in [9.17, 15) is 0 Å². The number of hydrogen-bond acceptors (Lipinski definition) is 4. The van der Waals surface area contributed by atoms with Crippen molar-refractivity contribution in [2.75, 3.05) is 25.1 Å². The first-order valence-electron chi connectivity index (χ1n) is 8.07. The second-order valence-corrected chi connectivity index (χ2v) is 5.90. The molecule has 0 radical (unpaired) electrons. The van der Waals surface area contributed by atoms with Crippen LogP contribution in [-0.4, -0.2) is 31.6 Å². The summed E-state index contributed by atoms with van der Waals surface area (Å²) in [5.41, 5.74) is 1.16. The summed E-state index contributed by atoms with van der Waals surface area (Å²) in [6.45, 7) is 4.38. The van der Waals surface area contributed by atoms with E-state index in [4.69, 9.17) is 14.2 Å². The summed E-state index contributed by atoms with van der Waals surface area (Å²) in [5, 5.41) is 3.60. The van der Waals surface area contributed by atoms with E-state index in [1.54, 1.807) is 0 Å². The van der Waals surface area contributed by atoms with Crippen molar-refractivity contribution in [3.63, 3.8) is 0 Å². The summed E-state index contributed by atoms with van der Waals surface area (Å²) in [6.07, 6.45) is 5.20. The number of benzene rings is 1. The zero-order valence-corrected chi connectivity index (χ0v) is 12.8. The van der Waals surface area contributed by atoms with Gasteiger partial charge in [-0.05, 0) is 43.5 Å². The SMILES string of the molecule is CCCOc1ccc(NC2CCC3(CC2)OCCO3)cc1. The fourth-order valence-corrected chi connectivity index (χ4v) is 3.09. The molecule has 1 saturated carbocycles.